The summed E-state index contributed by atoms with van der Waals surface area (Å²) in [6, 6.07) is 0. The molecule has 0 amide bonds. The van der Waals surface area contributed by atoms with Crippen LogP contribution in [0, 0.1) is 5.41 Å². The summed E-state index contributed by atoms with van der Waals surface area (Å²) in [5.41, 5.74) is -0.351. The highest BCUT2D eigenvalue weighted by Gasteiger charge is 2.61. The molecule has 90 valence electrons. The van der Waals surface area contributed by atoms with Crippen LogP contribution in [-0.4, -0.2) is 37.5 Å². The minimum Gasteiger partial charge on any atom is -0.452 e. The molecule has 4 heteroatoms. The number of rotatable bonds is 4. The maximum absolute atomic E-state index is 11.7. The second kappa shape index (κ2) is 3.57. The molecule has 0 aromatic carbocycles. The third-order valence-corrected chi connectivity index (χ3v) is 3.64. The number of hydrogen-bond acceptors (Lipinski definition) is 4. The molecule has 0 radical (unpaired) electrons. The Balaban J connectivity index is 2.15. The van der Waals surface area contributed by atoms with Gasteiger partial charge in [0.25, 0.3) is 0 Å². The number of carbonyl (C=O) groups excluding carboxylic acids is 1. The molecule has 0 aromatic heterocycles. The van der Waals surface area contributed by atoms with E-state index in [0.717, 1.165) is 0 Å². The Hall–Kier alpha value is -0.870. The minimum atomic E-state index is -0.610. The lowest BCUT2D eigenvalue weighted by Gasteiger charge is -2.50. The molecule has 0 aliphatic carbocycles. The number of esters is 1. The molecule has 0 spiro atoms. The number of hydrogen-bond donors (Lipinski definition) is 0. The molecule has 2 heterocycles. The summed E-state index contributed by atoms with van der Waals surface area (Å²) in [4.78, 5) is 11.7. The van der Waals surface area contributed by atoms with E-state index >= 15 is 0 Å². The maximum Gasteiger partial charge on any atom is 0.333 e. The molecular weight excluding hydrogens is 208 g/mol. The smallest absolute Gasteiger partial charge is 0.333 e. The Labute approximate surface area is 95.6 Å². The monoisotopic (exact) mass is 226 g/mol. The normalized spacial score (nSPS) is 29.8. The lowest BCUT2D eigenvalue weighted by molar-refractivity contribution is -0.228. The Morgan fingerprint density at radius 2 is 2.12 bits per heavy atom. The van der Waals surface area contributed by atoms with Gasteiger partial charge in [0.05, 0.1) is 25.2 Å². The van der Waals surface area contributed by atoms with Gasteiger partial charge in [-0.3, -0.25) is 0 Å². The average Bonchev–Trinajstić information content (AvgIpc) is 2.96. The third-order valence-electron chi connectivity index (χ3n) is 3.64. The largest absolute Gasteiger partial charge is 0.452 e. The van der Waals surface area contributed by atoms with Crippen LogP contribution in [0.3, 0.4) is 0 Å². The zero-order chi connectivity index (χ0) is 12.0. The zero-order valence-electron chi connectivity index (χ0n) is 10.0. The van der Waals surface area contributed by atoms with Crippen molar-refractivity contribution in [2.24, 2.45) is 5.41 Å². The molecule has 0 saturated carbocycles. The summed E-state index contributed by atoms with van der Waals surface area (Å²) in [5, 5.41) is 0. The van der Waals surface area contributed by atoms with Crippen LogP contribution in [0.2, 0.25) is 0 Å². The van der Waals surface area contributed by atoms with Gasteiger partial charge in [-0.2, -0.15) is 0 Å². The van der Waals surface area contributed by atoms with Crippen LogP contribution in [0.15, 0.2) is 12.2 Å². The molecule has 0 N–H and O–H groups in total. The molecule has 4 nitrogen and oxygen atoms in total. The Kier molecular flexibility index (Phi) is 2.59. The number of carbonyl (C=O) groups is 1. The predicted molar refractivity (Wildman–Crippen MR) is 58.0 cm³/mol. The minimum absolute atomic E-state index is 0.00954. The fourth-order valence-electron chi connectivity index (χ4n) is 1.92. The van der Waals surface area contributed by atoms with E-state index in [1.165, 1.54) is 0 Å². The van der Waals surface area contributed by atoms with E-state index in [-0.39, 0.29) is 17.5 Å². The predicted octanol–water partition coefficient (Wildman–Crippen LogP) is 1.30. The first-order chi connectivity index (χ1) is 7.39. The molecule has 0 bridgehead atoms. The molecule has 2 atom stereocenters. The quantitative estimate of drug-likeness (QED) is 0.412. The van der Waals surface area contributed by atoms with Gasteiger partial charge in [0.1, 0.15) is 11.7 Å². The van der Waals surface area contributed by atoms with E-state index in [1.807, 2.05) is 6.92 Å². The van der Waals surface area contributed by atoms with Crippen molar-refractivity contribution in [3.63, 3.8) is 0 Å². The second-order valence-electron chi connectivity index (χ2n) is 5.15. The highest BCUT2D eigenvalue weighted by molar-refractivity contribution is 5.87. The van der Waals surface area contributed by atoms with E-state index in [2.05, 4.69) is 13.5 Å². The van der Waals surface area contributed by atoms with Crippen LogP contribution in [0.5, 0.6) is 0 Å². The fraction of sp³-hybridized carbons (Fsp3) is 0.750. The van der Waals surface area contributed by atoms with Gasteiger partial charge in [-0.05, 0) is 13.8 Å². The van der Waals surface area contributed by atoms with Gasteiger partial charge in [0.2, 0.25) is 0 Å². The first kappa shape index (κ1) is 11.6. The Morgan fingerprint density at radius 3 is 2.44 bits per heavy atom. The van der Waals surface area contributed by atoms with E-state index < -0.39 is 5.60 Å². The van der Waals surface area contributed by atoms with Gasteiger partial charge in [0, 0.05) is 5.57 Å². The first-order valence-electron chi connectivity index (χ1n) is 5.47. The maximum atomic E-state index is 11.7. The van der Waals surface area contributed by atoms with Crippen LogP contribution in [0.1, 0.15) is 20.8 Å². The van der Waals surface area contributed by atoms with Crippen LogP contribution in [0.25, 0.3) is 0 Å². The summed E-state index contributed by atoms with van der Waals surface area (Å²) in [6.07, 6.45) is -0.00954. The van der Waals surface area contributed by atoms with Crippen molar-refractivity contribution in [1.82, 2.24) is 0 Å². The van der Waals surface area contributed by atoms with Crippen LogP contribution in [0.4, 0.5) is 0 Å². The van der Waals surface area contributed by atoms with Crippen LogP contribution in [-0.2, 0) is 19.0 Å². The van der Waals surface area contributed by atoms with Gasteiger partial charge in [-0.25, -0.2) is 4.79 Å². The van der Waals surface area contributed by atoms with E-state index in [9.17, 15) is 4.79 Å². The van der Waals surface area contributed by atoms with Crippen molar-refractivity contribution in [3.05, 3.63) is 12.2 Å². The topological polar surface area (TPSA) is 48.1 Å². The molecule has 2 aliphatic rings. The van der Waals surface area contributed by atoms with Crippen molar-refractivity contribution < 1.29 is 19.0 Å². The zero-order valence-corrected chi connectivity index (χ0v) is 10.0. The lowest BCUT2D eigenvalue weighted by atomic mass is 9.70. The standard InChI is InChI=1S/C12H18O4/c1-8(2)10(13)16-12(4,9-5-15-9)11(3)6-14-7-11/h9H,1,5-7H2,2-4H3. The molecule has 2 aliphatic heterocycles. The summed E-state index contributed by atoms with van der Waals surface area (Å²) in [7, 11) is 0. The first-order valence-corrected chi connectivity index (χ1v) is 5.47. The summed E-state index contributed by atoms with van der Waals surface area (Å²) in [6.45, 7) is 11.1. The second-order valence-corrected chi connectivity index (χ2v) is 5.15. The number of epoxide rings is 1. The number of ether oxygens (including phenoxy) is 3. The van der Waals surface area contributed by atoms with Crippen molar-refractivity contribution in [3.8, 4) is 0 Å². The van der Waals surface area contributed by atoms with E-state index in [0.29, 0.717) is 25.4 Å². The molecule has 2 unspecified atom stereocenters. The molecule has 0 aromatic rings. The summed E-state index contributed by atoms with van der Waals surface area (Å²) in [5.74, 6) is -0.355. The summed E-state index contributed by atoms with van der Waals surface area (Å²) >= 11 is 0. The van der Waals surface area contributed by atoms with Crippen molar-refractivity contribution >= 4 is 5.97 Å². The van der Waals surface area contributed by atoms with Crippen LogP contribution >= 0.6 is 0 Å². The average molecular weight is 226 g/mol. The molecular formula is C12H18O4. The fourth-order valence-corrected chi connectivity index (χ4v) is 1.92. The van der Waals surface area contributed by atoms with Gasteiger partial charge in [-0.1, -0.05) is 13.5 Å². The van der Waals surface area contributed by atoms with Gasteiger partial charge in [0.15, 0.2) is 0 Å². The highest BCUT2D eigenvalue weighted by Crippen LogP contribution is 2.47. The van der Waals surface area contributed by atoms with E-state index in [1.54, 1.807) is 6.92 Å². The van der Waals surface area contributed by atoms with Gasteiger partial charge < -0.3 is 14.2 Å². The van der Waals surface area contributed by atoms with E-state index in [4.69, 9.17) is 14.2 Å². The van der Waals surface area contributed by atoms with Gasteiger partial charge >= 0.3 is 5.97 Å². The summed E-state index contributed by atoms with van der Waals surface area (Å²) < 4.78 is 16.1. The third kappa shape index (κ3) is 1.66. The van der Waals surface area contributed by atoms with Gasteiger partial charge in [-0.15, -0.1) is 0 Å². The molecule has 2 saturated heterocycles. The highest BCUT2D eigenvalue weighted by atomic mass is 16.6. The Bertz CT molecular complexity index is 328. The van der Waals surface area contributed by atoms with Crippen molar-refractivity contribution in [1.29, 1.82) is 0 Å². The van der Waals surface area contributed by atoms with Crippen molar-refractivity contribution in [2.45, 2.75) is 32.5 Å². The van der Waals surface area contributed by atoms with Crippen molar-refractivity contribution in [2.75, 3.05) is 19.8 Å². The lowest BCUT2D eigenvalue weighted by Crippen LogP contribution is -2.61. The molecule has 2 rings (SSSR count). The molecule has 16 heavy (non-hydrogen) atoms. The SMILES string of the molecule is C=C(C)C(=O)OC(C)(C1CO1)C1(C)COC1. The molecule has 2 fully saturated rings. The Morgan fingerprint density at radius 1 is 1.56 bits per heavy atom. The van der Waals surface area contributed by atoms with Crippen LogP contribution < -0.4 is 0 Å².